The Labute approximate surface area is 191 Å². The molecule has 0 spiro atoms. The molecule has 5 nitrogen and oxygen atoms in total. The fourth-order valence-corrected chi connectivity index (χ4v) is 6.67. The molecule has 0 fully saturated rings. The predicted molar refractivity (Wildman–Crippen MR) is 127 cm³/mol. The van der Waals surface area contributed by atoms with Crippen molar-refractivity contribution in [3.8, 4) is 0 Å². The third-order valence-corrected chi connectivity index (χ3v) is 8.13. The molecule has 2 aliphatic rings. The largest absolute Gasteiger partial charge is 0.362 e. The Kier molecular flexibility index (Phi) is 6.62. The number of carbonyl (C=O) groups excluding carboxylic acids is 2. The number of hydrogen-bond donors (Lipinski definition) is 2. The standard InChI is InChI=1S/C24H27N3O2S2/c1-4-16-12-17(24(31-16)30-5-2)21-20(23(29)27-15-8-7-11-25-13-15)14(3)26-18-9-6-10-19(28)22(18)21/h7-8,11-13,21,26H,4-6,9-10H2,1-3H3,(H,27,29)/t21-/m0/s1. The van der Waals surface area contributed by atoms with Crippen LogP contribution in [0.25, 0.3) is 0 Å². The van der Waals surface area contributed by atoms with Crippen LogP contribution < -0.4 is 10.6 Å². The third-order valence-electron chi connectivity index (χ3n) is 5.65. The van der Waals surface area contributed by atoms with Gasteiger partial charge in [0.2, 0.25) is 0 Å². The molecular weight excluding hydrogens is 426 g/mol. The summed E-state index contributed by atoms with van der Waals surface area (Å²) in [7, 11) is 0. The number of allylic oxidation sites excluding steroid dienone is 3. The lowest BCUT2D eigenvalue weighted by Crippen LogP contribution is -2.35. The Morgan fingerprint density at radius 3 is 2.90 bits per heavy atom. The normalized spacial score (nSPS) is 18.7. The van der Waals surface area contributed by atoms with Crippen LogP contribution in [-0.4, -0.2) is 22.4 Å². The van der Waals surface area contributed by atoms with Gasteiger partial charge in [-0.05, 0) is 55.7 Å². The van der Waals surface area contributed by atoms with E-state index in [9.17, 15) is 9.59 Å². The number of nitrogens with one attached hydrogen (secondary N) is 2. The SMILES string of the molecule is CCSc1sc(CC)cc1[C@H]1C(C(=O)Nc2cccnc2)=C(C)NC2=C1C(=O)CCC2. The highest BCUT2D eigenvalue weighted by Crippen LogP contribution is 2.47. The monoisotopic (exact) mass is 453 g/mol. The smallest absolute Gasteiger partial charge is 0.254 e. The molecule has 162 valence electrons. The van der Waals surface area contributed by atoms with Crippen molar-refractivity contribution in [2.24, 2.45) is 0 Å². The molecule has 3 heterocycles. The minimum atomic E-state index is -0.341. The lowest BCUT2D eigenvalue weighted by Gasteiger charge is -2.34. The highest BCUT2D eigenvalue weighted by Gasteiger charge is 2.40. The Bertz CT molecular complexity index is 1070. The van der Waals surface area contributed by atoms with Gasteiger partial charge in [0.25, 0.3) is 5.91 Å². The van der Waals surface area contributed by atoms with Crippen LogP contribution in [0.2, 0.25) is 0 Å². The number of carbonyl (C=O) groups is 2. The van der Waals surface area contributed by atoms with Crippen molar-refractivity contribution in [2.75, 3.05) is 11.1 Å². The molecule has 1 aliphatic heterocycles. The lowest BCUT2D eigenvalue weighted by atomic mass is 9.75. The van der Waals surface area contributed by atoms with Crippen molar-refractivity contribution in [1.29, 1.82) is 0 Å². The number of dihydropyridines is 1. The molecule has 1 amide bonds. The van der Waals surface area contributed by atoms with Gasteiger partial charge in [0.1, 0.15) is 0 Å². The molecule has 0 unspecified atom stereocenters. The number of thiophene rings is 1. The van der Waals surface area contributed by atoms with Gasteiger partial charge in [-0.1, -0.05) is 13.8 Å². The average Bonchev–Trinajstić information content (AvgIpc) is 3.16. The first-order chi connectivity index (χ1) is 15.0. The Hall–Kier alpha value is -2.38. The number of nitrogens with zero attached hydrogens (tertiary/aromatic N) is 1. The summed E-state index contributed by atoms with van der Waals surface area (Å²) in [6.07, 6.45) is 6.47. The Morgan fingerprint density at radius 2 is 2.19 bits per heavy atom. The van der Waals surface area contributed by atoms with Crippen molar-refractivity contribution in [3.63, 3.8) is 0 Å². The van der Waals surface area contributed by atoms with Crippen LogP contribution >= 0.6 is 23.1 Å². The first-order valence-electron chi connectivity index (χ1n) is 10.7. The molecule has 2 aromatic heterocycles. The van der Waals surface area contributed by atoms with Crippen LogP contribution in [0.5, 0.6) is 0 Å². The maximum absolute atomic E-state index is 13.5. The van der Waals surface area contributed by atoms with E-state index in [0.717, 1.165) is 47.5 Å². The van der Waals surface area contributed by atoms with Crippen LogP contribution in [0.4, 0.5) is 5.69 Å². The van der Waals surface area contributed by atoms with Gasteiger partial charge >= 0.3 is 0 Å². The second-order valence-electron chi connectivity index (χ2n) is 7.70. The first-order valence-corrected chi connectivity index (χ1v) is 12.5. The van der Waals surface area contributed by atoms with E-state index in [1.54, 1.807) is 41.6 Å². The van der Waals surface area contributed by atoms with Crippen LogP contribution in [0.1, 0.15) is 56.4 Å². The molecule has 0 bridgehead atoms. The van der Waals surface area contributed by atoms with Crippen molar-refractivity contribution in [2.45, 2.75) is 56.6 Å². The van der Waals surface area contributed by atoms with Crippen molar-refractivity contribution in [1.82, 2.24) is 10.3 Å². The van der Waals surface area contributed by atoms with Crippen LogP contribution in [0.3, 0.4) is 0 Å². The summed E-state index contributed by atoms with van der Waals surface area (Å²) in [5.41, 5.74) is 4.92. The Balaban J connectivity index is 1.84. The molecule has 7 heteroatoms. The number of rotatable bonds is 6. The molecule has 1 atom stereocenters. The van der Waals surface area contributed by atoms with Crippen LogP contribution in [-0.2, 0) is 16.0 Å². The highest BCUT2D eigenvalue weighted by atomic mass is 32.2. The van der Waals surface area contributed by atoms with Gasteiger partial charge in [-0.25, -0.2) is 0 Å². The lowest BCUT2D eigenvalue weighted by molar-refractivity contribution is -0.116. The highest BCUT2D eigenvalue weighted by molar-refractivity contribution is 8.01. The maximum atomic E-state index is 13.5. The molecule has 2 N–H and O–H groups in total. The van der Waals surface area contributed by atoms with Crippen molar-refractivity contribution < 1.29 is 9.59 Å². The zero-order valence-corrected chi connectivity index (χ0v) is 19.7. The van der Waals surface area contributed by atoms with Crippen LogP contribution in [0, 0.1) is 0 Å². The summed E-state index contributed by atoms with van der Waals surface area (Å²) in [5.74, 6) is 0.562. The van der Waals surface area contributed by atoms with Gasteiger partial charge in [-0.15, -0.1) is 23.1 Å². The molecule has 2 aromatic rings. The number of anilines is 1. The summed E-state index contributed by atoms with van der Waals surface area (Å²) in [6.45, 7) is 6.22. The summed E-state index contributed by atoms with van der Waals surface area (Å²) in [6, 6.07) is 5.82. The number of thioether (sulfide) groups is 1. The van der Waals surface area contributed by atoms with E-state index in [4.69, 9.17) is 0 Å². The first kappa shape index (κ1) is 21.8. The van der Waals surface area contributed by atoms with E-state index < -0.39 is 0 Å². The van der Waals surface area contributed by atoms with E-state index in [0.29, 0.717) is 17.7 Å². The van der Waals surface area contributed by atoms with E-state index in [-0.39, 0.29) is 17.6 Å². The number of pyridine rings is 1. The fourth-order valence-electron chi connectivity index (χ4n) is 4.29. The van der Waals surface area contributed by atoms with Crippen molar-refractivity contribution in [3.05, 3.63) is 63.6 Å². The number of ketones is 1. The van der Waals surface area contributed by atoms with Gasteiger partial charge in [0.05, 0.1) is 16.1 Å². The third kappa shape index (κ3) is 4.34. The number of aryl methyl sites for hydroxylation is 1. The van der Waals surface area contributed by atoms with E-state index >= 15 is 0 Å². The minimum absolute atomic E-state index is 0.148. The molecule has 0 radical (unpaired) electrons. The van der Waals surface area contributed by atoms with Gasteiger partial charge in [0.15, 0.2) is 5.78 Å². The quantitative estimate of drug-likeness (QED) is 0.571. The second-order valence-corrected chi connectivity index (χ2v) is 10.4. The molecule has 31 heavy (non-hydrogen) atoms. The molecule has 1 aliphatic carbocycles. The van der Waals surface area contributed by atoms with Crippen molar-refractivity contribution >= 4 is 40.5 Å². The number of hydrogen-bond acceptors (Lipinski definition) is 6. The second kappa shape index (κ2) is 9.40. The summed E-state index contributed by atoms with van der Waals surface area (Å²) < 4.78 is 1.20. The number of aromatic nitrogens is 1. The fraction of sp³-hybridized carbons (Fsp3) is 0.375. The zero-order chi connectivity index (χ0) is 22.0. The summed E-state index contributed by atoms with van der Waals surface area (Å²) in [5, 5.41) is 6.38. The predicted octanol–water partition coefficient (Wildman–Crippen LogP) is 5.42. The summed E-state index contributed by atoms with van der Waals surface area (Å²) in [4.78, 5) is 32.0. The topological polar surface area (TPSA) is 71.1 Å². The maximum Gasteiger partial charge on any atom is 0.254 e. The molecular formula is C24H27N3O2S2. The number of amides is 1. The van der Waals surface area contributed by atoms with Gasteiger partial charge in [-0.2, -0.15) is 0 Å². The minimum Gasteiger partial charge on any atom is -0.362 e. The van der Waals surface area contributed by atoms with E-state index in [1.165, 1.54) is 9.09 Å². The zero-order valence-electron chi connectivity index (χ0n) is 18.1. The molecule has 4 rings (SSSR count). The average molecular weight is 454 g/mol. The molecule has 0 aromatic carbocycles. The van der Waals surface area contributed by atoms with E-state index in [2.05, 4.69) is 35.5 Å². The number of Topliss-reactive ketones (excluding diaryl/α,β-unsaturated/α-hetero) is 1. The Morgan fingerprint density at radius 1 is 1.35 bits per heavy atom. The van der Waals surface area contributed by atoms with Gasteiger partial charge in [-0.3, -0.25) is 14.6 Å². The van der Waals surface area contributed by atoms with Gasteiger partial charge in [0, 0.05) is 46.0 Å². The molecule has 0 saturated carbocycles. The molecule has 0 saturated heterocycles. The van der Waals surface area contributed by atoms with Gasteiger partial charge < -0.3 is 10.6 Å². The summed E-state index contributed by atoms with van der Waals surface area (Å²) >= 11 is 3.57. The van der Waals surface area contributed by atoms with Crippen LogP contribution in [0.15, 0.2) is 57.3 Å². The van der Waals surface area contributed by atoms with E-state index in [1.807, 2.05) is 13.0 Å².